The maximum absolute atomic E-state index is 12.8. The molecule has 1 aliphatic heterocycles. The zero-order chi connectivity index (χ0) is 22.8. The number of fused-ring (bicyclic) bond motifs is 3. The predicted molar refractivity (Wildman–Crippen MR) is 131 cm³/mol. The molecule has 0 unspecified atom stereocenters. The lowest BCUT2D eigenvalue weighted by Crippen LogP contribution is -2.37. The normalized spacial score (nSPS) is 14.7. The van der Waals surface area contributed by atoms with E-state index in [0.717, 1.165) is 62.4 Å². The largest absolute Gasteiger partial charge is 0.497 e. The number of halogens is 1. The summed E-state index contributed by atoms with van der Waals surface area (Å²) in [6, 6.07) is 11.3. The molecule has 1 saturated heterocycles. The van der Waals surface area contributed by atoms with Gasteiger partial charge in [-0.15, -0.1) is 0 Å². The van der Waals surface area contributed by atoms with Crippen LogP contribution in [0.25, 0.3) is 27.5 Å². The molecule has 9 heteroatoms. The molecule has 0 aliphatic carbocycles. The molecular weight excluding hydrogens is 442 g/mol. The van der Waals surface area contributed by atoms with E-state index in [4.69, 9.17) is 21.1 Å². The second-order valence-corrected chi connectivity index (χ2v) is 8.51. The van der Waals surface area contributed by atoms with Crippen LogP contribution < -0.4 is 15.6 Å². The van der Waals surface area contributed by atoms with E-state index in [1.807, 2.05) is 18.2 Å². The van der Waals surface area contributed by atoms with E-state index in [-0.39, 0.29) is 5.56 Å². The van der Waals surface area contributed by atoms with Gasteiger partial charge in [-0.2, -0.15) is 5.10 Å². The summed E-state index contributed by atoms with van der Waals surface area (Å²) < 4.78 is 12.3. The molecular formula is C24H26ClN5O3. The van der Waals surface area contributed by atoms with Crippen molar-refractivity contribution in [1.82, 2.24) is 19.7 Å². The Morgan fingerprint density at radius 1 is 1.18 bits per heavy atom. The maximum atomic E-state index is 12.8. The van der Waals surface area contributed by atoms with Crippen molar-refractivity contribution in [2.45, 2.75) is 6.42 Å². The van der Waals surface area contributed by atoms with Gasteiger partial charge in [0.2, 0.25) is 0 Å². The molecule has 5 rings (SSSR count). The molecule has 0 spiro atoms. The molecule has 4 aromatic rings. The fourth-order valence-electron chi connectivity index (χ4n) is 4.17. The first-order valence-corrected chi connectivity index (χ1v) is 11.4. The Balaban J connectivity index is 1.39. The van der Waals surface area contributed by atoms with Crippen molar-refractivity contribution in [2.75, 3.05) is 51.8 Å². The second-order valence-electron chi connectivity index (χ2n) is 8.10. The molecule has 0 bridgehead atoms. The molecule has 0 atom stereocenters. The first kappa shape index (κ1) is 21.8. The third kappa shape index (κ3) is 4.55. The first-order valence-electron chi connectivity index (χ1n) is 11.1. The quantitative estimate of drug-likeness (QED) is 0.403. The molecule has 2 aromatic carbocycles. The summed E-state index contributed by atoms with van der Waals surface area (Å²) in [5.41, 5.74) is 2.81. The van der Waals surface area contributed by atoms with Gasteiger partial charge < -0.3 is 19.8 Å². The molecule has 1 aliphatic rings. The van der Waals surface area contributed by atoms with Crippen LogP contribution in [0.2, 0.25) is 5.02 Å². The molecule has 0 radical (unpaired) electrons. The summed E-state index contributed by atoms with van der Waals surface area (Å²) in [5.74, 6) is 0.664. The highest BCUT2D eigenvalue weighted by Gasteiger charge is 2.14. The van der Waals surface area contributed by atoms with Crippen molar-refractivity contribution in [3.8, 4) is 11.4 Å². The first-order chi connectivity index (χ1) is 16.1. The molecule has 0 amide bonds. The van der Waals surface area contributed by atoms with Crippen LogP contribution in [0.5, 0.6) is 5.75 Å². The minimum atomic E-state index is -0.188. The van der Waals surface area contributed by atoms with Crippen LogP contribution >= 0.6 is 11.6 Å². The minimum Gasteiger partial charge on any atom is -0.497 e. The van der Waals surface area contributed by atoms with Crippen molar-refractivity contribution < 1.29 is 9.47 Å². The zero-order valence-corrected chi connectivity index (χ0v) is 19.2. The van der Waals surface area contributed by atoms with Gasteiger partial charge in [0, 0.05) is 43.0 Å². The summed E-state index contributed by atoms with van der Waals surface area (Å²) in [4.78, 5) is 18.2. The number of methoxy groups -OCH3 is 1. The maximum Gasteiger partial charge on any atom is 0.259 e. The minimum absolute atomic E-state index is 0.188. The van der Waals surface area contributed by atoms with E-state index < -0.39 is 0 Å². The molecule has 172 valence electrons. The van der Waals surface area contributed by atoms with Crippen LogP contribution in [0.4, 0.5) is 5.69 Å². The lowest BCUT2D eigenvalue weighted by Gasteiger charge is -2.26. The Bertz CT molecular complexity index is 1340. The lowest BCUT2D eigenvalue weighted by atomic mass is 10.1. The Morgan fingerprint density at radius 3 is 2.85 bits per heavy atom. The SMILES string of the molecule is COc1ccc(Cl)c(-n2cc3c(=O)[nH]c4cc(NCCCN5CCOCC5)ccc4c3n2)c1. The van der Waals surface area contributed by atoms with Gasteiger partial charge in [-0.3, -0.25) is 9.69 Å². The van der Waals surface area contributed by atoms with Crippen molar-refractivity contribution in [1.29, 1.82) is 0 Å². The highest BCUT2D eigenvalue weighted by molar-refractivity contribution is 6.32. The molecule has 0 saturated carbocycles. The number of morpholine rings is 1. The van der Waals surface area contributed by atoms with Crippen LogP contribution in [0, 0.1) is 0 Å². The number of pyridine rings is 1. The Labute approximate surface area is 196 Å². The molecule has 3 heterocycles. The topological polar surface area (TPSA) is 84.4 Å². The summed E-state index contributed by atoms with van der Waals surface area (Å²) in [6.45, 7) is 5.55. The number of hydrogen-bond acceptors (Lipinski definition) is 6. The third-order valence-corrected chi connectivity index (χ3v) is 6.29. The van der Waals surface area contributed by atoms with Gasteiger partial charge in [-0.1, -0.05) is 11.6 Å². The molecule has 8 nitrogen and oxygen atoms in total. The van der Waals surface area contributed by atoms with Gasteiger partial charge in [0.1, 0.15) is 11.3 Å². The van der Waals surface area contributed by atoms with Gasteiger partial charge in [0.15, 0.2) is 0 Å². The monoisotopic (exact) mass is 467 g/mol. The number of hydrogen-bond donors (Lipinski definition) is 2. The van der Waals surface area contributed by atoms with E-state index in [9.17, 15) is 4.79 Å². The Hall–Kier alpha value is -3.07. The fraction of sp³-hybridized carbons (Fsp3) is 0.333. The Morgan fingerprint density at radius 2 is 2.03 bits per heavy atom. The summed E-state index contributed by atoms with van der Waals surface area (Å²) in [5, 5.41) is 10.0. The number of nitrogens with one attached hydrogen (secondary N) is 2. The average molecular weight is 468 g/mol. The second kappa shape index (κ2) is 9.43. The van der Waals surface area contributed by atoms with E-state index in [1.54, 1.807) is 36.2 Å². The third-order valence-electron chi connectivity index (χ3n) is 5.97. The van der Waals surface area contributed by atoms with Crippen molar-refractivity contribution in [2.24, 2.45) is 0 Å². The molecule has 2 N–H and O–H groups in total. The van der Waals surface area contributed by atoms with Crippen LogP contribution in [-0.4, -0.2) is 66.2 Å². The summed E-state index contributed by atoms with van der Waals surface area (Å²) >= 11 is 6.38. The lowest BCUT2D eigenvalue weighted by molar-refractivity contribution is 0.0378. The standard InChI is InChI=1S/C24H26ClN5O3/c1-32-17-4-6-20(25)22(14-17)30-15-19-23(28-30)18-5-3-16(13-21(18)27-24(19)31)26-7-2-8-29-9-11-33-12-10-29/h3-6,13-15,26H,2,7-12H2,1H3,(H,27,31). The number of nitrogens with zero attached hydrogens (tertiary/aromatic N) is 3. The molecule has 33 heavy (non-hydrogen) atoms. The van der Waals surface area contributed by atoms with Gasteiger partial charge in [-0.05, 0) is 43.3 Å². The number of aromatic amines is 1. The number of ether oxygens (including phenoxy) is 2. The number of H-pyrrole nitrogens is 1. The van der Waals surface area contributed by atoms with Crippen molar-refractivity contribution in [3.63, 3.8) is 0 Å². The van der Waals surface area contributed by atoms with Gasteiger partial charge >= 0.3 is 0 Å². The average Bonchev–Trinajstić information content (AvgIpc) is 3.29. The van der Waals surface area contributed by atoms with Gasteiger partial charge in [0.05, 0.1) is 41.9 Å². The van der Waals surface area contributed by atoms with Gasteiger partial charge in [-0.25, -0.2) is 4.68 Å². The van der Waals surface area contributed by atoms with Crippen LogP contribution in [-0.2, 0) is 4.74 Å². The number of aromatic nitrogens is 3. The number of rotatable bonds is 7. The highest BCUT2D eigenvalue weighted by Crippen LogP contribution is 2.28. The van der Waals surface area contributed by atoms with Crippen LogP contribution in [0.3, 0.4) is 0 Å². The van der Waals surface area contributed by atoms with E-state index in [2.05, 4.69) is 20.3 Å². The summed E-state index contributed by atoms with van der Waals surface area (Å²) in [6.07, 6.45) is 2.74. The molecule has 1 fully saturated rings. The molecule has 2 aromatic heterocycles. The van der Waals surface area contributed by atoms with Crippen molar-refractivity contribution in [3.05, 3.63) is 58.0 Å². The smallest absolute Gasteiger partial charge is 0.259 e. The van der Waals surface area contributed by atoms with E-state index in [1.165, 1.54) is 0 Å². The van der Waals surface area contributed by atoms with Crippen LogP contribution in [0.15, 0.2) is 47.4 Å². The highest BCUT2D eigenvalue weighted by atomic mass is 35.5. The number of benzene rings is 2. The predicted octanol–water partition coefficient (Wildman–Crippen LogP) is 3.66. The Kier molecular flexibility index (Phi) is 6.22. The fourth-order valence-corrected chi connectivity index (χ4v) is 4.38. The summed E-state index contributed by atoms with van der Waals surface area (Å²) in [7, 11) is 1.60. The number of anilines is 1. The van der Waals surface area contributed by atoms with Crippen LogP contribution in [0.1, 0.15) is 6.42 Å². The van der Waals surface area contributed by atoms with E-state index in [0.29, 0.717) is 27.4 Å². The van der Waals surface area contributed by atoms with Gasteiger partial charge in [0.25, 0.3) is 5.56 Å². The zero-order valence-electron chi connectivity index (χ0n) is 18.4. The van der Waals surface area contributed by atoms with Crippen molar-refractivity contribution >= 4 is 39.1 Å². The van der Waals surface area contributed by atoms with E-state index >= 15 is 0 Å².